The van der Waals surface area contributed by atoms with Gasteiger partial charge in [-0.25, -0.2) is 0 Å². The smallest absolute Gasteiger partial charge is 0.305 e. The van der Waals surface area contributed by atoms with Crippen LogP contribution in [-0.2, 0) is 9.59 Å². The number of nitrogens with zero attached hydrogens (tertiary/aromatic N) is 3. The summed E-state index contributed by atoms with van der Waals surface area (Å²) in [7, 11) is 0. The van der Waals surface area contributed by atoms with E-state index < -0.39 is 30.0 Å². The number of carbonyl (C=O) groups excluding carboxylic acids is 3. The second kappa shape index (κ2) is 10.9. The fourth-order valence-corrected chi connectivity index (χ4v) is 5.21. The molecule has 10 nitrogen and oxygen atoms in total. The largest absolute Gasteiger partial charge is 0.481 e. The third-order valence-corrected chi connectivity index (χ3v) is 6.98. The van der Waals surface area contributed by atoms with Gasteiger partial charge < -0.3 is 24.7 Å². The lowest BCUT2D eigenvalue weighted by Gasteiger charge is -2.34. The molecule has 0 spiro atoms. The SMILES string of the molecule is Cc1cccc(C(=O)N2CCN(C(=O)c3cc(C)on3)C2C(=O)NC(CC(=O)O)C2CCCCC2)c1. The van der Waals surface area contributed by atoms with Gasteiger partial charge >= 0.3 is 5.97 Å². The number of carboxylic acid groups (broad SMARTS) is 1. The Kier molecular flexibility index (Phi) is 7.71. The van der Waals surface area contributed by atoms with E-state index in [0.717, 1.165) is 37.7 Å². The van der Waals surface area contributed by atoms with Crippen LogP contribution in [0.3, 0.4) is 0 Å². The van der Waals surface area contributed by atoms with Crippen molar-refractivity contribution in [1.29, 1.82) is 0 Å². The summed E-state index contributed by atoms with van der Waals surface area (Å²) in [4.78, 5) is 54.7. The Morgan fingerprint density at radius 1 is 1.06 bits per heavy atom. The molecule has 0 bridgehead atoms. The Balaban J connectivity index is 1.63. The van der Waals surface area contributed by atoms with Crippen LogP contribution in [0.1, 0.15) is 70.7 Å². The van der Waals surface area contributed by atoms with Crippen LogP contribution in [0.15, 0.2) is 34.9 Å². The fourth-order valence-electron chi connectivity index (χ4n) is 5.21. The van der Waals surface area contributed by atoms with E-state index in [1.165, 1.54) is 15.9 Å². The Hall–Kier alpha value is -3.69. The average Bonchev–Trinajstić information content (AvgIpc) is 3.50. The molecular weight excluding hydrogens is 464 g/mol. The minimum absolute atomic E-state index is 0.0310. The Morgan fingerprint density at radius 3 is 2.36 bits per heavy atom. The summed E-state index contributed by atoms with van der Waals surface area (Å²) in [5.41, 5.74) is 1.35. The summed E-state index contributed by atoms with van der Waals surface area (Å²) in [5.74, 6) is -2.00. The van der Waals surface area contributed by atoms with E-state index in [0.29, 0.717) is 11.3 Å². The van der Waals surface area contributed by atoms with E-state index in [-0.39, 0.29) is 37.0 Å². The molecule has 3 amide bonds. The van der Waals surface area contributed by atoms with Crippen molar-refractivity contribution in [2.45, 2.75) is 64.6 Å². The molecule has 36 heavy (non-hydrogen) atoms. The molecule has 2 fully saturated rings. The standard InChI is InChI=1S/C26H32N4O6/c1-16-7-6-10-19(13-16)25(34)29-11-12-30(26(35)21-14-17(2)36-28-21)24(29)23(33)27-20(15-22(31)32)18-8-4-3-5-9-18/h6-7,10,13-14,18,20,24H,3-5,8-9,11-12,15H2,1-2H3,(H,27,33)(H,31,32). The van der Waals surface area contributed by atoms with Crippen molar-refractivity contribution < 1.29 is 28.8 Å². The number of nitrogens with one attached hydrogen (secondary N) is 1. The van der Waals surface area contributed by atoms with Crippen molar-refractivity contribution in [2.75, 3.05) is 13.1 Å². The predicted molar refractivity (Wildman–Crippen MR) is 129 cm³/mol. The summed E-state index contributed by atoms with van der Waals surface area (Å²) in [6.45, 7) is 3.81. The second-order valence-corrected chi connectivity index (χ2v) is 9.67. The van der Waals surface area contributed by atoms with Crippen molar-refractivity contribution in [3.63, 3.8) is 0 Å². The molecule has 2 N–H and O–H groups in total. The zero-order chi connectivity index (χ0) is 25.8. The van der Waals surface area contributed by atoms with E-state index in [2.05, 4.69) is 10.5 Å². The highest BCUT2D eigenvalue weighted by atomic mass is 16.5. The van der Waals surface area contributed by atoms with Crippen molar-refractivity contribution >= 4 is 23.7 Å². The number of hydrogen-bond donors (Lipinski definition) is 2. The number of hydrogen-bond acceptors (Lipinski definition) is 6. The van der Waals surface area contributed by atoms with Crippen molar-refractivity contribution in [3.8, 4) is 0 Å². The van der Waals surface area contributed by atoms with E-state index in [9.17, 15) is 24.3 Å². The van der Waals surface area contributed by atoms with Crippen LogP contribution in [0.5, 0.6) is 0 Å². The van der Waals surface area contributed by atoms with E-state index in [1.54, 1.807) is 25.1 Å². The van der Waals surface area contributed by atoms with Gasteiger partial charge in [-0.05, 0) is 44.7 Å². The lowest BCUT2D eigenvalue weighted by Crippen LogP contribution is -2.57. The summed E-state index contributed by atoms with van der Waals surface area (Å²) in [6.07, 6.45) is 3.26. The van der Waals surface area contributed by atoms with Gasteiger partial charge in [0.25, 0.3) is 17.7 Å². The molecule has 0 radical (unpaired) electrons. The lowest BCUT2D eigenvalue weighted by molar-refractivity contribution is -0.138. The number of aliphatic carboxylic acids is 1. The van der Waals surface area contributed by atoms with Crippen LogP contribution >= 0.6 is 0 Å². The van der Waals surface area contributed by atoms with Gasteiger partial charge in [0, 0.05) is 30.8 Å². The summed E-state index contributed by atoms with van der Waals surface area (Å²) in [6, 6.07) is 7.94. The fraction of sp³-hybridized carbons (Fsp3) is 0.500. The number of rotatable bonds is 7. The van der Waals surface area contributed by atoms with Gasteiger partial charge in [0.2, 0.25) is 0 Å². The Bertz CT molecular complexity index is 1140. The molecule has 2 atom stereocenters. The van der Waals surface area contributed by atoms with Gasteiger partial charge in [0.1, 0.15) is 5.76 Å². The quantitative estimate of drug-likeness (QED) is 0.602. The van der Waals surface area contributed by atoms with E-state index in [1.807, 2.05) is 13.0 Å². The third kappa shape index (κ3) is 5.58. The maximum absolute atomic E-state index is 13.7. The number of benzene rings is 1. The maximum atomic E-state index is 13.7. The molecule has 1 aliphatic carbocycles. The van der Waals surface area contributed by atoms with Crippen molar-refractivity contribution in [2.24, 2.45) is 5.92 Å². The molecule has 1 saturated carbocycles. The van der Waals surface area contributed by atoms with E-state index >= 15 is 0 Å². The van der Waals surface area contributed by atoms with E-state index in [4.69, 9.17) is 4.52 Å². The van der Waals surface area contributed by atoms with Gasteiger partial charge in [-0.3, -0.25) is 19.2 Å². The molecule has 4 rings (SSSR count). The number of carbonyl (C=O) groups is 4. The number of carboxylic acids is 1. The monoisotopic (exact) mass is 496 g/mol. The zero-order valence-corrected chi connectivity index (χ0v) is 20.6. The molecule has 192 valence electrons. The Labute approximate surface area is 209 Å². The average molecular weight is 497 g/mol. The van der Waals surface area contributed by atoms with Crippen molar-refractivity contribution in [3.05, 3.63) is 52.9 Å². The zero-order valence-electron chi connectivity index (χ0n) is 20.6. The van der Waals surface area contributed by atoms with Gasteiger partial charge in [-0.2, -0.15) is 0 Å². The van der Waals surface area contributed by atoms with Gasteiger partial charge in [-0.1, -0.05) is 42.1 Å². The molecule has 1 aliphatic heterocycles. The van der Waals surface area contributed by atoms with Gasteiger partial charge in [-0.15, -0.1) is 0 Å². The van der Waals surface area contributed by atoms with Gasteiger partial charge in [0.05, 0.1) is 6.42 Å². The molecule has 2 aromatic rings. The number of aromatic nitrogens is 1. The third-order valence-electron chi connectivity index (χ3n) is 6.98. The number of aryl methyl sites for hydroxylation is 2. The highest BCUT2D eigenvalue weighted by Crippen LogP contribution is 2.29. The lowest BCUT2D eigenvalue weighted by atomic mass is 9.82. The molecule has 2 aliphatic rings. The molecule has 2 heterocycles. The molecule has 1 aromatic heterocycles. The van der Waals surface area contributed by atoms with Crippen LogP contribution in [0, 0.1) is 19.8 Å². The first-order valence-electron chi connectivity index (χ1n) is 12.4. The minimum atomic E-state index is -1.23. The van der Waals surface area contributed by atoms with Crippen LogP contribution in [-0.4, -0.2) is 69.1 Å². The predicted octanol–water partition coefficient (Wildman–Crippen LogP) is 2.76. The normalized spacial score (nSPS) is 19.2. The first-order chi connectivity index (χ1) is 17.2. The van der Waals surface area contributed by atoms with Crippen LogP contribution in [0.25, 0.3) is 0 Å². The topological polar surface area (TPSA) is 133 Å². The first kappa shape index (κ1) is 25.4. The summed E-state index contributed by atoms with van der Waals surface area (Å²) < 4.78 is 5.04. The molecule has 1 aromatic carbocycles. The molecule has 1 saturated heterocycles. The summed E-state index contributed by atoms with van der Waals surface area (Å²) >= 11 is 0. The second-order valence-electron chi connectivity index (χ2n) is 9.67. The molecule has 10 heteroatoms. The maximum Gasteiger partial charge on any atom is 0.305 e. The van der Waals surface area contributed by atoms with Crippen molar-refractivity contribution in [1.82, 2.24) is 20.3 Å². The number of amides is 3. The molecule has 2 unspecified atom stereocenters. The van der Waals surface area contributed by atoms with Crippen LogP contribution in [0.4, 0.5) is 0 Å². The van der Waals surface area contributed by atoms with Gasteiger partial charge in [0.15, 0.2) is 11.9 Å². The van der Waals surface area contributed by atoms with Crippen LogP contribution in [0.2, 0.25) is 0 Å². The first-order valence-corrected chi connectivity index (χ1v) is 12.4. The van der Waals surface area contributed by atoms with Crippen LogP contribution < -0.4 is 5.32 Å². The summed E-state index contributed by atoms with van der Waals surface area (Å²) in [5, 5.41) is 16.2. The highest BCUT2D eigenvalue weighted by molar-refractivity contribution is 6.01. The Morgan fingerprint density at radius 2 is 1.75 bits per heavy atom. The molecular formula is C26H32N4O6. The highest BCUT2D eigenvalue weighted by Gasteiger charge is 2.45. The minimum Gasteiger partial charge on any atom is -0.481 e.